The first-order valence-corrected chi connectivity index (χ1v) is 9.19. The van der Waals surface area contributed by atoms with Gasteiger partial charge in [-0.3, -0.25) is 10.1 Å². The van der Waals surface area contributed by atoms with E-state index in [9.17, 15) is 4.79 Å². The Morgan fingerprint density at radius 3 is 2.96 bits per heavy atom. The van der Waals surface area contributed by atoms with Crippen LogP contribution in [0.15, 0.2) is 48.9 Å². The molecule has 4 rings (SSSR count). The van der Waals surface area contributed by atoms with Crippen LogP contribution in [0.25, 0.3) is 5.69 Å². The lowest BCUT2D eigenvalue weighted by Gasteiger charge is -2.20. The largest absolute Gasteiger partial charge is 0.317 e. The molecule has 7 heteroatoms. The fraction of sp³-hybridized carbons (Fsp3) is 0.278. The van der Waals surface area contributed by atoms with Gasteiger partial charge in [0, 0.05) is 29.0 Å². The van der Waals surface area contributed by atoms with Crippen LogP contribution in [-0.4, -0.2) is 33.8 Å². The Balaban J connectivity index is 1.47. The van der Waals surface area contributed by atoms with Gasteiger partial charge in [0.2, 0.25) is 0 Å². The van der Waals surface area contributed by atoms with E-state index in [1.165, 1.54) is 4.88 Å². The number of piperidine rings is 1. The molecule has 0 spiro atoms. The number of nitrogens with zero attached hydrogens (tertiary/aromatic N) is 3. The van der Waals surface area contributed by atoms with Crippen LogP contribution in [0.2, 0.25) is 0 Å². The molecule has 3 aromatic rings. The molecule has 0 bridgehead atoms. The van der Waals surface area contributed by atoms with Crippen molar-refractivity contribution >= 4 is 22.4 Å². The normalized spacial score (nSPS) is 15.2. The first-order chi connectivity index (χ1) is 12.3. The molecule has 0 atom stereocenters. The van der Waals surface area contributed by atoms with Crippen molar-refractivity contribution in [2.75, 3.05) is 18.4 Å². The van der Waals surface area contributed by atoms with Gasteiger partial charge in [-0.15, -0.1) is 11.3 Å². The van der Waals surface area contributed by atoms with Crippen LogP contribution >= 0.6 is 11.3 Å². The highest BCUT2D eigenvalue weighted by Crippen LogP contribution is 2.31. The summed E-state index contributed by atoms with van der Waals surface area (Å²) in [4.78, 5) is 18.2. The maximum Gasteiger partial charge on any atom is 0.257 e. The number of amides is 1. The molecule has 128 valence electrons. The highest BCUT2D eigenvalue weighted by Gasteiger charge is 2.18. The van der Waals surface area contributed by atoms with E-state index in [4.69, 9.17) is 0 Å². The predicted molar refractivity (Wildman–Crippen MR) is 98.5 cm³/mol. The number of hydrogen-bond donors (Lipinski definition) is 2. The van der Waals surface area contributed by atoms with Crippen molar-refractivity contribution in [2.45, 2.75) is 18.8 Å². The Bertz CT molecular complexity index is 852. The minimum atomic E-state index is -0.153. The second-order valence-corrected chi connectivity index (χ2v) is 7.11. The monoisotopic (exact) mass is 353 g/mol. The minimum Gasteiger partial charge on any atom is -0.317 e. The van der Waals surface area contributed by atoms with Crippen molar-refractivity contribution in [1.29, 1.82) is 0 Å². The molecule has 25 heavy (non-hydrogen) atoms. The second kappa shape index (κ2) is 7.16. The first-order valence-electron chi connectivity index (χ1n) is 8.37. The molecule has 2 aromatic heterocycles. The number of aromatic nitrogens is 3. The van der Waals surface area contributed by atoms with Crippen LogP contribution in [0.4, 0.5) is 5.13 Å². The van der Waals surface area contributed by atoms with Gasteiger partial charge in [0.05, 0.1) is 5.69 Å². The Morgan fingerprint density at radius 1 is 1.28 bits per heavy atom. The Morgan fingerprint density at radius 2 is 2.16 bits per heavy atom. The molecule has 1 amide bonds. The summed E-state index contributed by atoms with van der Waals surface area (Å²) in [5, 5.41) is 11.1. The molecule has 0 saturated carbocycles. The molecule has 1 aromatic carbocycles. The molecule has 0 unspecified atom stereocenters. The summed E-state index contributed by atoms with van der Waals surface area (Å²) in [6.07, 6.45) is 7.72. The second-order valence-electron chi connectivity index (χ2n) is 6.05. The van der Waals surface area contributed by atoms with E-state index >= 15 is 0 Å². The molecule has 1 fully saturated rings. The van der Waals surface area contributed by atoms with E-state index in [0.717, 1.165) is 31.6 Å². The molecule has 1 aliphatic rings. The minimum absolute atomic E-state index is 0.153. The summed E-state index contributed by atoms with van der Waals surface area (Å²) in [6, 6.07) is 9.24. The van der Waals surface area contributed by atoms with Crippen LogP contribution in [0.5, 0.6) is 0 Å². The van der Waals surface area contributed by atoms with Crippen LogP contribution in [-0.2, 0) is 0 Å². The summed E-state index contributed by atoms with van der Waals surface area (Å²) < 4.78 is 1.73. The van der Waals surface area contributed by atoms with Gasteiger partial charge in [-0.25, -0.2) is 9.67 Å². The number of carbonyl (C=O) groups excluding carboxylic acids is 1. The highest BCUT2D eigenvalue weighted by atomic mass is 32.1. The van der Waals surface area contributed by atoms with Crippen molar-refractivity contribution in [3.05, 3.63) is 59.4 Å². The number of hydrogen-bond acceptors (Lipinski definition) is 5. The third kappa shape index (κ3) is 3.62. The number of carbonyl (C=O) groups is 1. The van der Waals surface area contributed by atoms with Gasteiger partial charge in [0.1, 0.15) is 0 Å². The van der Waals surface area contributed by atoms with Crippen LogP contribution in [0.3, 0.4) is 0 Å². The van der Waals surface area contributed by atoms with Gasteiger partial charge < -0.3 is 5.32 Å². The summed E-state index contributed by atoms with van der Waals surface area (Å²) in [5.74, 6) is 0.396. The van der Waals surface area contributed by atoms with Gasteiger partial charge in [-0.05, 0) is 56.1 Å². The molecule has 2 N–H and O–H groups in total. The van der Waals surface area contributed by atoms with E-state index in [1.807, 2.05) is 36.7 Å². The smallest absolute Gasteiger partial charge is 0.257 e. The van der Waals surface area contributed by atoms with Crippen molar-refractivity contribution in [3.63, 3.8) is 0 Å². The Hall–Kier alpha value is -2.51. The Labute approximate surface area is 149 Å². The third-order valence-corrected chi connectivity index (χ3v) is 5.44. The van der Waals surface area contributed by atoms with Crippen LogP contribution in [0.1, 0.15) is 34.0 Å². The van der Waals surface area contributed by atoms with E-state index in [0.29, 0.717) is 16.6 Å². The van der Waals surface area contributed by atoms with Gasteiger partial charge in [0.15, 0.2) is 5.13 Å². The van der Waals surface area contributed by atoms with Crippen LogP contribution in [0, 0.1) is 0 Å². The fourth-order valence-electron chi connectivity index (χ4n) is 3.02. The van der Waals surface area contributed by atoms with Crippen molar-refractivity contribution in [3.8, 4) is 5.69 Å². The maximum atomic E-state index is 12.5. The summed E-state index contributed by atoms with van der Waals surface area (Å²) in [5.41, 5.74) is 1.44. The van der Waals surface area contributed by atoms with Gasteiger partial charge >= 0.3 is 0 Å². The van der Waals surface area contributed by atoms with E-state index in [2.05, 4.69) is 20.7 Å². The number of nitrogens with one attached hydrogen (secondary N) is 2. The highest BCUT2D eigenvalue weighted by molar-refractivity contribution is 7.15. The number of thiazole rings is 1. The van der Waals surface area contributed by atoms with Crippen LogP contribution < -0.4 is 10.6 Å². The Kier molecular flexibility index (Phi) is 4.58. The zero-order chi connectivity index (χ0) is 17.1. The average molecular weight is 353 g/mol. The fourth-order valence-corrected chi connectivity index (χ4v) is 4.00. The molecule has 1 saturated heterocycles. The predicted octanol–water partition coefficient (Wildman–Crippen LogP) is 3.05. The van der Waals surface area contributed by atoms with E-state index in [-0.39, 0.29) is 5.91 Å². The molecule has 6 nitrogen and oxygen atoms in total. The lowest BCUT2D eigenvalue weighted by Crippen LogP contribution is -2.26. The zero-order valence-electron chi connectivity index (χ0n) is 13.7. The lowest BCUT2D eigenvalue weighted by molar-refractivity contribution is 0.102. The van der Waals surface area contributed by atoms with Crippen molar-refractivity contribution in [2.24, 2.45) is 0 Å². The summed E-state index contributed by atoms with van der Waals surface area (Å²) >= 11 is 1.58. The standard InChI is InChI=1S/C18H19N5OS/c24-17(14-3-1-4-15(11-14)23-10-2-7-21-23)22-18-20-12-16(25-18)13-5-8-19-9-6-13/h1-4,7,10-13,19H,5-6,8-9H2,(H,20,22,24). The number of rotatable bonds is 4. The SMILES string of the molecule is O=C(Nc1ncc(C2CCNCC2)s1)c1cccc(-n2cccn2)c1. The van der Waals surface area contributed by atoms with Gasteiger partial charge in [-0.2, -0.15) is 5.10 Å². The quantitative estimate of drug-likeness (QED) is 0.756. The summed E-state index contributed by atoms with van der Waals surface area (Å²) in [6.45, 7) is 2.09. The van der Waals surface area contributed by atoms with Crippen molar-refractivity contribution < 1.29 is 4.79 Å². The molecule has 0 radical (unpaired) electrons. The van der Waals surface area contributed by atoms with E-state index < -0.39 is 0 Å². The summed E-state index contributed by atoms with van der Waals surface area (Å²) in [7, 11) is 0. The molecule has 3 heterocycles. The average Bonchev–Trinajstić information content (AvgIpc) is 3.35. The molecule has 0 aliphatic carbocycles. The number of anilines is 1. The zero-order valence-corrected chi connectivity index (χ0v) is 14.5. The lowest BCUT2D eigenvalue weighted by atomic mass is 9.97. The number of benzene rings is 1. The van der Waals surface area contributed by atoms with Gasteiger partial charge in [-0.1, -0.05) is 6.07 Å². The molecular weight excluding hydrogens is 334 g/mol. The third-order valence-electron chi connectivity index (χ3n) is 4.36. The van der Waals surface area contributed by atoms with Crippen molar-refractivity contribution in [1.82, 2.24) is 20.1 Å². The van der Waals surface area contributed by atoms with Gasteiger partial charge in [0.25, 0.3) is 5.91 Å². The topological polar surface area (TPSA) is 71.8 Å². The first kappa shape index (κ1) is 16.0. The molecule has 1 aliphatic heterocycles. The van der Waals surface area contributed by atoms with E-state index in [1.54, 1.807) is 28.3 Å². The molecular formula is C18H19N5OS. The maximum absolute atomic E-state index is 12.5.